The summed E-state index contributed by atoms with van der Waals surface area (Å²) in [5.74, 6) is 2.90. The van der Waals surface area contributed by atoms with Crippen LogP contribution in [-0.2, 0) is 25.9 Å². The van der Waals surface area contributed by atoms with Crippen LogP contribution in [0.2, 0.25) is 0 Å². The number of rotatable bonds is 6. The molecule has 0 aliphatic carbocycles. The van der Waals surface area contributed by atoms with Crippen molar-refractivity contribution >= 4 is 5.96 Å². The van der Waals surface area contributed by atoms with Crippen LogP contribution in [0.25, 0.3) is 0 Å². The maximum absolute atomic E-state index is 4.31. The molecule has 128 valence electrons. The van der Waals surface area contributed by atoms with Gasteiger partial charge in [-0.3, -0.25) is 4.99 Å². The van der Waals surface area contributed by atoms with Gasteiger partial charge < -0.3 is 15.2 Å². The third-order valence-electron chi connectivity index (χ3n) is 4.42. The van der Waals surface area contributed by atoms with Crippen LogP contribution in [0.5, 0.6) is 0 Å². The predicted octanol–water partition coefficient (Wildman–Crippen LogP) is 1.91. The first-order valence-corrected chi connectivity index (χ1v) is 8.68. The van der Waals surface area contributed by atoms with Crippen LogP contribution >= 0.6 is 0 Å². The molecule has 24 heavy (non-hydrogen) atoms. The Kier molecular flexibility index (Phi) is 5.46. The molecule has 1 aliphatic rings. The Bertz CT molecular complexity index is 676. The number of nitrogens with zero attached hydrogens (tertiary/aromatic N) is 4. The third-order valence-corrected chi connectivity index (χ3v) is 4.42. The molecule has 0 saturated carbocycles. The summed E-state index contributed by atoms with van der Waals surface area (Å²) in [7, 11) is 1.80. The highest BCUT2D eigenvalue weighted by atomic mass is 15.3. The first-order chi connectivity index (χ1) is 11.8. The quantitative estimate of drug-likeness (QED) is 0.628. The number of aliphatic imine (C=N–C) groups is 1. The van der Waals surface area contributed by atoms with Gasteiger partial charge in [-0.05, 0) is 31.7 Å². The fourth-order valence-corrected chi connectivity index (χ4v) is 3.03. The van der Waals surface area contributed by atoms with Gasteiger partial charge in [0.05, 0.1) is 6.54 Å². The van der Waals surface area contributed by atoms with Gasteiger partial charge >= 0.3 is 0 Å². The summed E-state index contributed by atoms with van der Waals surface area (Å²) in [5, 5.41) is 15.3. The molecule has 2 N–H and O–H groups in total. The minimum absolute atomic E-state index is 0.348. The van der Waals surface area contributed by atoms with Crippen molar-refractivity contribution in [2.24, 2.45) is 4.99 Å². The van der Waals surface area contributed by atoms with Gasteiger partial charge in [0, 0.05) is 26.1 Å². The minimum Gasteiger partial charge on any atom is -0.354 e. The Hall–Kier alpha value is -2.37. The zero-order chi connectivity index (χ0) is 16.8. The van der Waals surface area contributed by atoms with Crippen molar-refractivity contribution in [1.29, 1.82) is 0 Å². The number of aromatic nitrogens is 3. The number of hydrogen-bond acceptors (Lipinski definition) is 3. The number of nitrogens with one attached hydrogen (secondary N) is 2. The number of hydrogen-bond donors (Lipinski definition) is 2. The van der Waals surface area contributed by atoms with E-state index in [4.69, 9.17) is 0 Å². The number of fused-ring (bicyclic) bond motifs is 1. The van der Waals surface area contributed by atoms with Crippen LogP contribution in [0.4, 0.5) is 0 Å². The molecule has 6 heteroatoms. The number of benzene rings is 1. The molecule has 1 aromatic carbocycles. The number of guanidine groups is 1. The molecule has 0 saturated heterocycles. The van der Waals surface area contributed by atoms with Crippen molar-refractivity contribution in [2.75, 3.05) is 7.05 Å². The highest BCUT2D eigenvalue weighted by Gasteiger charge is 2.17. The molecule has 3 rings (SSSR count). The van der Waals surface area contributed by atoms with Gasteiger partial charge in [-0.25, -0.2) is 0 Å². The van der Waals surface area contributed by atoms with Gasteiger partial charge in [0.2, 0.25) is 0 Å². The molecule has 0 amide bonds. The summed E-state index contributed by atoms with van der Waals surface area (Å²) in [4.78, 5) is 4.31. The van der Waals surface area contributed by atoms with E-state index >= 15 is 0 Å². The molecule has 1 unspecified atom stereocenters. The minimum atomic E-state index is 0.348. The largest absolute Gasteiger partial charge is 0.354 e. The second kappa shape index (κ2) is 7.95. The topological polar surface area (TPSA) is 67.1 Å². The zero-order valence-corrected chi connectivity index (χ0v) is 14.5. The van der Waals surface area contributed by atoms with Crippen LogP contribution in [0.3, 0.4) is 0 Å². The molecular weight excluding hydrogens is 300 g/mol. The molecule has 0 radical (unpaired) electrons. The van der Waals surface area contributed by atoms with Crippen molar-refractivity contribution in [3.05, 3.63) is 47.5 Å². The molecular formula is C18H26N6. The van der Waals surface area contributed by atoms with E-state index in [9.17, 15) is 0 Å². The zero-order valence-electron chi connectivity index (χ0n) is 14.5. The lowest BCUT2D eigenvalue weighted by atomic mass is 10.1. The van der Waals surface area contributed by atoms with Gasteiger partial charge in [0.15, 0.2) is 11.8 Å². The lowest BCUT2D eigenvalue weighted by Crippen LogP contribution is -2.42. The Labute approximate surface area is 143 Å². The molecule has 0 spiro atoms. The average Bonchev–Trinajstić information content (AvgIpc) is 3.22. The molecule has 1 aromatic heterocycles. The average molecular weight is 326 g/mol. The summed E-state index contributed by atoms with van der Waals surface area (Å²) < 4.78 is 2.21. The van der Waals surface area contributed by atoms with E-state index in [0.29, 0.717) is 12.6 Å². The predicted molar refractivity (Wildman–Crippen MR) is 95.9 cm³/mol. The molecule has 2 aromatic rings. The Morgan fingerprint density at radius 2 is 2.12 bits per heavy atom. The van der Waals surface area contributed by atoms with E-state index < -0.39 is 0 Å². The fourth-order valence-electron chi connectivity index (χ4n) is 3.03. The van der Waals surface area contributed by atoms with Crippen molar-refractivity contribution in [1.82, 2.24) is 25.4 Å². The standard InChI is InChI=1S/C18H26N6/c1-14(10-11-15-7-4-3-5-8-15)21-18(19-2)20-13-17-23-22-16-9-6-12-24(16)17/h3-5,7-8,14H,6,9-13H2,1-2H3,(H2,19,20,21). The highest BCUT2D eigenvalue weighted by Crippen LogP contribution is 2.13. The molecule has 1 aliphatic heterocycles. The van der Waals surface area contributed by atoms with Crippen molar-refractivity contribution in [3.8, 4) is 0 Å². The van der Waals surface area contributed by atoms with Gasteiger partial charge in [-0.15, -0.1) is 10.2 Å². The van der Waals surface area contributed by atoms with Gasteiger partial charge in [0.25, 0.3) is 0 Å². The molecule has 0 fully saturated rings. The second-order valence-electron chi connectivity index (χ2n) is 6.28. The van der Waals surface area contributed by atoms with Crippen LogP contribution in [0.1, 0.15) is 37.0 Å². The third kappa shape index (κ3) is 4.13. The van der Waals surface area contributed by atoms with E-state index in [1.165, 1.54) is 12.0 Å². The maximum atomic E-state index is 4.31. The summed E-state index contributed by atoms with van der Waals surface area (Å²) in [5.41, 5.74) is 1.37. The smallest absolute Gasteiger partial charge is 0.191 e. The highest BCUT2D eigenvalue weighted by molar-refractivity contribution is 5.79. The lowest BCUT2D eigenvalue weighted by Gasteiger charge is -2.18. The SMILES string of the molecule is CN=C(NCc1nnc2n1CCC2)NC(C)CCc1ccccc1. The summed E-state index contributed by atoms with van der Waals surface area (Å²) in [6.07, 6.45) is 4.33. The van der Waals surface area contributed by atoms with Crippen molar-refractivity contribution < 1.29 is 0 Å². The van der Waals surface area contributed by atoms with Crippen molar-refractivity contribution in [3.63, 3.8) is 0 Å². The van der Waals surface area contributed by atoms with Crippen LogP contribution in [0, 0.1) is 0 Å². The fraction of sp³-hybridized carbons (Fsp3) is 0.500. The van der Waals surface area contributed by atoms with E-state index in [0.717, 1.165) is 43.4 Å². The lowest BCUT2D eigenvalue weighted by molar-refractivity contribution is 0.587. The molecule has 6 nitrogen and oxygen atoms in total. The van der Waals surface area contributed by atoms with Gasteiger partial charge in [-0.1, -0.05) is 30.3 Å². The van der Waals surface area contributed by atoms with E-state index in [1.54, 1.807) is 7.05 Å². The van der Waals surface area contributed by atoms with Crippen LogP contribution < -0.4 is 10.6 Å². The van der Waals surface area contributed by atoms with E-state index in [1.807, 2.05) is 0 Å². The molecule has 1 atom stereocenters. The van der Waals surface area contributed by atoms with Crippen LogP contribution in [0.15, 0.2) is 35.3 Å². The van der Waals surface area contributed by atoms with Crippen LogP contribution in [-0.4, -0.2) is 33.8 Å². The Balaban J connectivity index is 1.46. The molecule has 0 bridgehead atoms. The van der Waals surface area contributed by atoms with Gasteiger partial charge in [0.1, 0.15) is 5.82 Å². The summed E-state index contributed by atoms with van der Waals surface area (Å²) >= 11 is 0. The van der Waals surface area contributed by atoms with E-state index in [-0.39, 0.29) is 0 Å². The Morgan fingerprint density at radius 3 is 2.92 bits per heavy atom. The van der Waals surface area contributed by atoms with E-state index in [2.05, 4.69) is 67.6 Å². The van der Waals surface area contributed by atoms with Crippen molar-refractivity contribution in [2.45, 2.75) is 51.7 Å². The maximum Gasteiger partial charge on any atom is 0.191 e. The summed E-state index contributed by atoms with van der Waals surface area (Å²) in [6.45, 7) is 3.86. The van der Waals surface area contributed by atoms with Gasteiger partial charge in [-0.2, -0.15) is 0 Å². The number of aryl methyl sites for hydroxylation is 2. The second-order valence-corrected chi connectivity index (χ2v) is 6.28. The monoisotopic (exact) mass is 326 g/mol. The normalized spacial score (nSPS) is 15.2. The molecule has 2 heterocycles. The summed E-state index contributed by atoms with van der Waals surface area (Å²) in [6, 6.07) is 10.9. The first-order valence-electron chi connectivity index (χ1n) is 8.68. The first kappa shape index (κ1) is 16.5. The Morgan fingerprint density at radius 1 is 1.29 bits per heavy atom.